The van der Waals surface area contributed by atoms with Gasteiger partial charge in [0.2, 0.25) is 0 Å². The van der Waals surface area contributed by atoms with Gasteiger partial charge in [-0.15, -0.1) is 0 Å². The van der Waals surface area contributed by atoms with Gasteiger partial charge in [0.25, 0.3) is 0 Å². The summed E-state index contributed by atoms with van der Waals surface area (Å²) in [6.45, 7) is 1.32. The van der Waals surface area contributed by atoms with Crippen molar-refractivity contribution in [1.29, 1.82) is 0 Å². The molecule has 3 aromatic rings. The van der Waals surface area contributed by atoms with Crippen LogP contribution in [-0.4, -0.2) is 17.3 Å². The average molecular weight is 356 g/mol. The van der Waals surface area contributed by atoms with Gasteiger partial charge in [-0.05, 0) is 18.9 Å². The third kappa shape index (κ3) is 3.63. The lowest BCUT2D eigenvalue weighted by molar-refractivity contribution is -0.122. The van der Waals surface area contributed by atoms with Gasteiger partial charge in [0, 0.05) is 11.1 Å². The standard InChI is InChI=1S/C24H20O3/c1-18(25)24(17-19-11-5-2-6-12-19,22(26)20-13-7-3-8-14-20)23(27)21-15-9-4-10-16-21/h2-16H,17H2,1H3. The molecule has 0 N–H and O–H groups in total. The Morgan fingerprint density at radius 1 is 0.630 bits per heavy atom. The fourth-order valence-electron chi connectivity index (χ4n) is 3.28. The zero-order valence-electron chi connectivity index (χ0n) is 15.1. The molecule has 0 aliphatic rings. The summed E-state index contributed by atoms with van der Waals surface area (Å²) in [4.78, 5) is 39.8. The number of benzene rings is 3. The first-order valence-corrected chi connectivity index (χ1v) is 8.80. The lowest BCUT2D eigenvalue weighted by atomic mass is 9.68. The maximum atomic E-state index is 13.5. The van der Waals surface area contributed by atoms with Crippen LogP contribution in [0.25, 0.3) is 0 Å². The Hall–Kier alpha value is -3.33. The number of hydrogen-bond acceptors (Lipinski definition) is 3. The van der Waals surface area contributed by atoms with Gasteiger partial charge >= 0.3 is 0 Å². The Bertz CT molecular complexity index is 893. The second kappa shape index (κ2) is 7.92. The van der Waals surface area contributed by atoms with Gasteiger partial charge in [-0.1, -0.05) is 91.0 Å². The van der Waals surface area contributed by atoms with E-state index in [9.17, 15) is 14.4 Å². The van der Waals surface area contributed by atoms with Crippen molar-refractivity contribution >= 4 is 17.3 Å². The Morgan fingerprint density at radius 3 is 1.37 bits per heavy atom. The zero-order valence-corrected chi connectivity index (χ0v) is 15.1. The van der Waals surface area contributed by atoms with Gasteiger partial charge in [0.15, 0.2) is 22.8 Å². The van der Waals surface area contributed by atoms with Crippen LogP contribution in [0.3, 0.4) is 0 Å². The van der Waals surface area contributed by atoms with Gasteiger partial charge in [-0.3, -0.25) is 14.4 Å². The van der Waals surface area contributed by atoms with Crippen molar-refractivity contribution in [2.24, 2.45) is 5.41 Å². The summed E-state index contributed by atoms with van der Waals surface area (Å²) in [5.74, 6) is -1.38. The van der Waals surface area contributed by atoms with Gasteiger partial charge in [0.1, 0.15) is 0 Å². The molecule has 0 bridgehead atoms. The number of carbonyl (C=O) groups excluding carboxylic acids is 3. The maximum Gasteiger partial charge on any atom is 0.184 e. The van der Waals surface area contributed by atoms with E-state index in [2.05, 4.69) is 0 Å². The molecular formula is C24H20O3. The Morgan fingerprint density at radius 2 is 1.00 bits per heavy atom. The summed E-state index contributed by atoms with van der Waals surface area (Å²) in [5.41, 5.74) is -0.313. The number of ketones is 3. The fourth-order valence-corrected chi connectivity index (χ4v) is 3.28. The number of rotatable bonds is 7. The Balaban J connectivity index is 2.18. The highest BCUT2D eigenvalue weighted by Gasteiger charge is 2.50. The van der Waals surface area contributed by atoms with Crippen molar-refractivity contribution in [2.45, 2.75) is 13.3 Å². The average Bonchev–Trinajstić information content (AvgIpc) is 2.73. The van der Waals surface area contributed by atoms with Crippen LogP contribution in [0.15, 0.2) is 91.0 Å². The molecule has 0 spiro atoms. The largest absolute Gasteiger partial charge is 0.298 e. The van der Waals surface area contributed by atoms with E-state index in [0.717, 1.165) is 5.56 Å². The van der Waals surface area contributed by atoms with E-state index in [4.69, 9.17) is 0 Å². The molecule has 3 rings (SSSR count). The third-order valence-electron chi connectivity index (χ3n) is 4.76. The minimum Gasteiger partial charge on any atom is -0.298 e. The highest BCUT2D eigenvalue weighted by molar-refractivity contribution is 6.32. The molecule has 0 amide bonds. The smallest absolute Gasteiger partial charge is 0.184 e. The van der Waals surface area contributed by atoms with Crippen molar-refractivity contribution in [3.63, 3.8) is 0 Å². The van der Waals surface area contributed by atoms with Crippen LogP contribution >= 0.6 is 0 Å². The Labute approximate surface area is 158 Å². The zero-order chi connectivity index (χ0) is 19.3. The predicted molar refractivity (Wildman–Crippen MR) is 105 cm³/mol. The van der Waals surface area contributed by atoms with Crippen LogP contribution in [0.4, 0.5) is 0 Å². The molecule has 0 radical (unpaired) electrons. The number of carbonyl (C=O) groups is 3. The van der Waals surface area contributed by atoms with E-state index in [1.807, 2.05) is 30.3 Å². The van der Waals surface area contributed by atoms with Crippen molar-refractivity contribution < 1.29 is 14.4 Å². The minimum atomic E-state index is -1.79. The maximum absolute atomic E-state index is 13.5. The molecule has 0 aliphatic carbocycles. The normalized spacial score (nSPS) is 11.0. The van der Waals surface area contributed by atoms with Crippen LogP contribution < -0.4 is 0 Å². The van der Waals surface area contributed by atoms with E-state index in [1.165, 1.54) is 6.92 Å². The van der Waals surface area contributed by atoms with Crippen LogP contribution in [0, 0.1) is 5.41 Å². The summed E-state index contributed by atoms with van der Waals surface area (Å²) in [5, 5.41) is 0. The highest BCUT2D eigenvalue weighted by atomic mass is 16.2. The molecule has 0 saturated carbocycles. The van der Waals surface area contributed by atoms with Crippen LogP contribution in [0.1, 0.15) is 33.2 Å². The first-order valence-electron chi connectivity index (χ1n) is 8.80. The van der Waals surface area contributed by atoms with Crippen LogP contribution in [-0.2, 0) is 11.2 Å². The summed E-state index contributed by atoms with van der Waals surface area (Å²) >= 11 is 0. The summed E-state index contributed by atoms with van der Waals surface area (Å²) in [6, 6.07) is 26.3. The summed E-state index contributed by atoms with van der Waals surface area (Å²) in [6.07, 6.45) is 0.0324. The van der Waals surface area contributed by atoms with Gasteiger partial charge in [-0.25, -0.2) is 0 Å². The van der Waals surface area contributed by atoms with Crippen molar-refractivity contribution in [3.8, 4) is 0 Å². The monoisotopic (exact) mass is 356 g/mol. The molecular weight excluding hydrogens is 336 g/mol. The first kappa shape index (κ1) is 18.5. The van der Waals surface area contributed by atoms with Gasteiger partial charge < -0.3 is 0 Å². The lowest BCUT2D eigenvalue weighted by Crippen LogP contribution is -2.47. The molecule has 0 atom stereocenters. The quantitative estimate of drug-likeness (QED) is 0.460. The summed E-state index contributed by atoms with van der Waals surface area (Å²) in [7, 11) is 0. The van der Waals surface area contributed by atoms with Crippen LogP contribution in [0.5, 0.6) is 0 Å². The fraction of sp³-hybridized carbons (Fsp3) is 0.125. The van der Waals surface area contributed by atoms with E-state index in [-0.39, 0.29) is 6.42 Å². The third-order valence-corrected chi connectivity index (χ3v) is 4.76. The van der Waals surface area contributed by atoms with Gasteiger partial charge in [-0.2, -0.15) is 0 Å². The molecule has 0 fully saturated rings. The molecule has 0 heterocycles. The molecule has 0 aromatic heterocycles. The predicted octanol–water partition coefficient (Wildman–Crippen LogP) is 4.57. The van der Waals surface area contributed by atoms with Crippen molar-refractivity contribution in [1.82, 2.24) is 0 Å². The second-order valence-corrected chi connectivity index (χ2v) is 6.51. The minimum absolute atomic E-state index is 0.0324. The molecule has 3 heteroatoms. The van der Waals surface area contributed by atoms with E-state index >= 15 is 0 Å². The summed E-state index contributed by atoms with van der Waals surface area (Å²) < 4.78 is 0. The Kier molecular flexibility index (Phi) is 5.41. The highest BCUT2D eigenvalue weighted by Crippen LogP contribution is 2.33. The molecule has 27 heavy (non-hydrogen) atoms. The molecule has 0 unspecified atom stereocenters. The SMILES string of the molecule is CC(=O)C(Cc1ccccc1)(C(=O)c1ccccc1)C(=O)c1ccccc1. The molecule has 3 nitrogen and oxygen atoms in total. The lowest BCUT2D eigenvalue weighted by Gasteiger charge is -2.29. The second-order valence-electron chi connectivity index (χ2n) is 6.51. The van der Waals surface area contributed by atoms with Crippen molar-refractivity contribution in [3.05, 3.63) is 108 Å². The molecule has 3 aromatic carbocycles. The first-order chi connectivity index (χ1) is 13.1. The molecule has 0 aliphatic heterocycles. The van der Waals surface area contributed by atoms with Crippen molar-refractivity contribution in [2.75, 3.05) is 0 Å². The molecule has 0 saturated heterocycles. The van der Waals surface area contributed by atoms with Crippen LogP contribution in [0.2, 0.25) is 0 Å². The van der Waals surface area contributed by atoms with Gasteiger partial charge in [0.05, 0.1) is 0 Å². The van der Waals surface area contributed by atoms with E-state index in [0.29, 0.717) is 11.1 Å². The number of hydrogen-bond donors (Lipinski definition) is 0. The van der Waals surface area contributed by atoms with E-state index < -0.39 is 22.8 Å². The topological polar surface area (TPSA) is 51.2 Å². The molecule has 134 valence electrons. The van der Waals surface area contributed by atoms with E-state index in [1.54, 1.807) is 60.7 Å². The number of Topliss-reactive ketones (excluding diaryl/α,β-unsaturated/α-hetero) is 3.